The van der Waals surface area contributed by atoms with Gasteiger partial charge < -0.3 is 14.5 Å². The van der Waals surface area contributed by atoms with E-state index in [2.05, 4.69) is 9.88 Å². The first kappa shape index (κ1) is 19.3. The average Bonchev–Trinajstić information content (AvgIpc) is 3.06. The monoisotopic (exact) mass is 380 g/mol. The number of carbonyl (C=O) groups is 2. The number of thiazole rings is 1. The summed E-state index contributed by atoms with van der Waals surface area (Å²) < 4.78 is 5.36. The third kappa shape index (κ3) is 5.02. The minimum atomic E-state index is -0.108. The number of hydrogen-bond donors (Lipinski definition) is 0. The molecule has 0 aliphatic carbocycles. The van der Waals surface area contributed by atoms with Gasteiger partial charge in [-0.3, -0.25) is 14.5 Å². The second-order valence-corrected chi connectivity index (χ2v) is 8.05. The molecular weight excluding hydrogens is 352 g/mol. The minimum Gasteiger partial charge on any atom is -0.379 e. The smallest absolute Gasteiger partial charge is 0.227 e. The van der Waals surface area contributed by atoms with Crippen LogP contribution in [0.4, 0.5) is 0 Å². The van der Waals surface area contributed by atoms with E-state index in [-0.39, 0.29) is 17.7 Å². The molecule has 8 heteroatoms. The summed E-state index contributed by atoms with van der Waals surface area (Å²) in [5, 5.41) is 2.95. The number of aromatic nitrogens is 1. The van der Waals surface area contributed by atoms with Gasteiger partial charge in [-0.15, -0.1) is 11.3 Å². The zero-order valence-electron chi connectivity index (χ0n) is 15.6. The third-order valence-electron chi connectivity index (χ3n) is 5.05. The van der Waals surface area contributed by atoms with E-state index in [1.165, 1.54) is 0 Å². The van der Waals surface area contributed by atoms with Crippen LogP contribution in [0.25, 0.3) is 0 Å². The quantitative estimate of drug-likeness (QED) is 0.736. The van der Waals surface area contributed by atoms with E-state index in [0.29, 0.717) is 32.5 Å². The molecule has 2 aliphatic rings. The maximum atomic E-state index is 12.8. The van der Waals surface area contributed by atoms with Crippen LogP contribution in [-0.2, 0) is 20.9 Å². The van der Waals surface area contributed by atoms with Crippen LogP contribution in [-0.4, -0.2) is 84.5 Å². The molecule has 0 saturated carbocycles. The maximum Gasteiger partial charge on any atom is 0.227 e. The Kier molecular flexibility index (Phi) is 6.61. The molecule has 2 fully saturated rings. The minimum absolute atomic E-state index is 0.108. The van der Waals surface area contributed by atoms with Gasteiger partial charge in [-0.2, -0.15) is 0 Å². The fraction of sp³-hybridized carbons (Fsp3) is 0.722. The molecule has 0 aromatic carbocycles. The highest BCUT2D eigenvalue weighted by Crippen LogP contribution is 2.21. The fourth-order valence-electron chi connectivity index (χ4n) is 3.49. The predicted molar refractivity (Wildman–Crippen MR) is 99.9 cm³/mol. The summed E-state index contributed by atoms with van der Waals surface area (Å²) in [5.74, 6) is 0.172. The lowest BCUT2D eigenvalue weighted by atomic mass is 9.96. The normalized spacial score (nSPS) is 21.8. The van der Waals surface area contributed by atoms with E-state index in [1.807, 2.05) is 24.3 Å². The van der Waals surface area contributed by atoms with E-state index in [1.54, 1.807) is 16.2 Å². The standard InChI is InChI=1S/C18H28N4O3S/c1-14-13-26-16(19-14)12-20(2)18(24)15-3-4-17(23)22(11-15)6-5-21-7-9-25-10-8-21/h13,15H,3-12H2,1-2H3. The van der Waals surface area contributed by atoms with Gasteiger partial charge in [0, 0.05) is 57.3 Å². The summed E-state index contributed by atoms with van der Waals surface area (Å²) >= 11 is 1.58. The molecule has 144 valence electrons. The van der Waals surface area contributed by atoms with Crippen LogP contribution in [0.3, 0.4) is 0 Å². The molecule has 1 unspecified atom stereocenters. The van der Waals surface area contributed by atoms with Crippen molar-refractivity contribution in [1.82, 2.24) is 19.7 Å². The Labute approximate surface area is 158 Å². The second-order valence-electron chi connectivity index (χ2n) is 7.11. The number of rotatable bonds is 6. The summed E-state index contributed by atoms with van der Waals surface area (Å²) in [5.41, 5.74) is 0.989. The number of hydrogen-bond acceptors (Lipinski definition) is 6. The first-order chi connectivity index (χ1) is 12.5. The highest BCUT2D eigenvalue weighted by atomic mass is 32.1. The Hall–Kier alpha value is -1.51. The molecule has 2 amide bonds. The number of morpholine rings is 1. The molecule has 0 spiro atoms. The summed E-state index contributed by atoms with van der Waals surface area (Å²) in [4.78, 5) is 35.4. The first-order valence-corrected chi connectivity index (χ1v) is 10.1. The average molecular weight is 381 g/mol. The number of carbonyl (C=O) groups excluding carboxylic acids is 2. The van der Waals surface area contributed by atoms with Crippen molar-refractivity contribution >= 4 is 23.2 Å². The van der Waals surface area contributed by atoms with Crippen LogP contribution in [0, 0.1) is 12.8 Å². The van der Waals surface area contributed by atoms with Gasteiger partial charge in [-0.1, -0.05) is 0 Å². The SMILES string of the molecule is Cc1csc(CN(C)C(=O)C2CCC(=O)N(CCN3CCOCC3)C2)n1. The summed E-state index contributed by atoms with van der Waals surface area (Å²) in [7, 11) is 1.83. The van der Waals surface area contributed by atoms with Gasteiger partial charge >= 0.3 is 0 Å². The van der Waals surface area contributed by atoms with Gasteiger partial charge in [0.2, 0.25) is 11.8 Å². The first-order valence-electron chi connectivity index (χ1n) is 9.27. The van der Waals surface area contributed by atoms with Gasteiger partial charge in [-0.05, 0) is 13.3 Å². The van der Waals surface area contributed by atoms with Crippen LogP contribution in [0.5, 0.6) is 0 Å². The van der Waals surface area contributed by atoms with Gasteiger partial charge in [0.25, 0.3) is 0 Å². The van der Waals surface area contributed by atoms with Crippen LogP contribution in [0.1, 0.15) is 23.5 Å². The van der Waals surface area contributed by atoms with Gasteiger partial charge in [-0.25, -0.2) is 4.98 Å². The lowest BCUT2D eigenvalue weighted by Crippen LogP contribution is -2.49. The zero-order valence-corrected chi connectivity index (χ0v) is 16.5. The largest absolute Gasteiger partial charge is 0.379 e. The number of aryl methyl sites for hydroxylation is 1. The van der Waals surface area contributed by atoms with E-state index < -0.39 is 0 Å². The lowest BCUT2D eigenvalue weighted by molar-refractivity contribution is -0.142. The maximum absolute atomic E-state index is 12.8. The molecule has 2 aliphatic heterocycles. The summed E-state index contributed by atoms with van der Waals surface area (Å²) in [6, 6.07) is 0. The molecule has 1 aromatic heterocycles. The Morgan fingerprint density at radius 2 is 2.15 bits per heavy atom. The summed E-state index contributed by atoms with van der Waals surface area (Å²) in [6.45, 7) is 7.93. The lowest BCUT2D eigenvalue weighted by Gasteiger charge is -2.35. The van der Waals surface area contributed by atoms with Crippen molar-refractivity contribution in [3.63, 3.8) is 0 Å². The highest BCUT2D eigenvalue weighted by Gasteiger charge is 2.32. The van der Waals surface area contributed by atoms with Crippen molar-refractivity contribution in [1.29, 1.82) is 0 Å². The van der Waals surface area contributed by atoms with E-state index in [4.69, 9.17) is 4.74 Å². The fourth-order valence-corrected chi connectivity index (χ4v) is 4.31. The van der Waals surface area contributed by atoms with E-state index >= 15 is 0 Å². The predicted octanol–water partition coefficient (Wildman–Crippen LogP) is 0.981. The van der Waals surface area contributed by atoms with Crippen molar-refractivity contribution in [2.24, 2.45) is 5.92 Å². The topological polar surface area (TPSA) is 66.0 Å². The molecule has 26 heavy (non-hydrogen) atoms. The van der Waals surface area contributed by atoms with Crippen LogP contribution < -0.4 is 0 Å². The van der Waals surface area contributed by atoms with Crippen molar-refractivity contribution in [3.8, 4) is 0 Å². The second kappa shape index (κ2) is 8.92. The Bertz CT molecular complexity index is 630. The molecule has 0 radical (unpaired) electrons. The highest BCUT2D eigenvalue weighted by molar-refractivity contribution is 7.09. The van der Waals surface area contributed by atoms with Crippen molar-refractivity contribution in [2.45, 2.75) is 26.3 Å². The van der Waals surface area contributed by atoms with Gasteiger partial charge in [0.1, 0.15) is 5.01 Å². The number of amides is 2. The molecule has 3 rings (SSSR count). The molecule has 7 nitrogen and oxygen atoms in total. The van der Waals surface area contributed by atoms with Crippen LogP contribution in [0.2, 0.25) is 0 Å². The number of likely N-dealkylation sites (tertiary alicyclic amines) is 1. The Morgan fingerprint density at radius 1 is 1.38 bits per heavy atom. The third-order valence-corrected chi connectivity index (χ3v) is 6.01. The van der Waals surface area contributed by atoms with E-state index in [0.717, 1.165) is 43.5 Å². The Morgan fingerprint density at radius 3 is 2.85 bits per heavy atom. The van der Waals surface area contributed by atoms with Crippen molar-refractivity contribution < 1.29 is 14.3 Å². The molecule has 0 bridgehead atoms. The van der Waals surface area contributed by atoms with Crippen LogP contribution >= 0.6 is 11.3 Å². The number of piperidine rings is 1. The Balaban J connectivity index is 1.50. The molecule has 2 saturated heterocycles. The molecule has 1 atom stereocenters. The van der Waals surface area contributed by atoms with E-state index in [9.17, 15) is 9.59 Å². The number of nitrogens with zero attached hydrogens (tertiary/aromatic N) is 4. The van der Waals surface area contributed by atoms with Gasteiger partial charge in [0.05, 0.1) is 25.7 Å². The molecule has 1 aromatic rings. The van der Waals surface area contributed by atoms with Crippen molar-refractivity contribution in [2.75, 3.05) is 53.0 Å². The molecular formula is C18H28N4O3S. The summed E-state index contributed by atoms with van der Waals surface area (Å²) in [6.07, 6.45) is 1.11. The number of ether oxygens (including phenoxy) is 1. The van der Waals surface area contributed by atoms with Crippen molar-refractivity contribution in [3.05, 3.63) is 16.1 Å². The molecule has 3 heterocycles. The van der Waals surface area contributed by atoms with Crippen LogP contribution in [0.15, 0.2) is 5.38 Å². The molecule has 0 N–H and O–H groups in total. The zero-order chi connectivity index (χ0) is 18.5. The van der Waals surface area contributed by atoms with Gasteiger partial charge in [0.15, 0.2) is 0 Å².